The second-order valence-electron chi connectivity index (χ2n) is 6.48. The topological polar surface area (TPSA) is 65.5 Å². The molecule has 1 unspecified atom stereocenters. The summed E-state index contributed by atoms with van der Waals surface area (Å²) in [4.78, 5) is 16.7. The number of carbonyl (C=O) groups is 1. The van der Waals surface area contributed by atoms with Gasteiger partial charge in [0.15, 0.2) is 5.96 Å². The molecule has 0 saturated carbocycles. The standard InChI is InChI=1S/C18H28Cl2N4O/c1-6-21-16(25)18(4,5)11-23-17(22-7-2)24-12(3)13-8-9-14(19)15(20)10-13/h8-10,12H,6-7,11H2,1-5H3,(H,21,25)(H2,22,23,24). The lowest BCUT2D eigenvalue weighted by atomic mass is 9.92. The summed E-state index contributed by atoms with van der Waals surface area (Å²) in [5, 5.41) is 10.4. The zero-order valence-electron chi connectivity index (χ0n) is 15.5. The maximum absolute atomic E-state index is 12.1. The average molecular weight is 387 g/mol. The Bertz CT molecular complexity index is 617. The first-order valence-electron chi connectivity index (χ1n) is 8.49. The third kappa shape index (κ3) is 6.75. The number of aliphatic imine (C=N–C) groups is 1. The Morgan fingerprint density at radius 1 is 1.16 bits per heavy atom. The quantitative estimate of drug-likeness (QED) is 0.493. The summed E-state index contributed by atoms with van der Waals surface area (Å²) in [7, 11) is 0. The smallest absolute Gasteiger partial charge is 0.227 e. The van der Waals surface area contributed by atoms with Crippen LogP contribution in [0.15, 0.2) is 23.2 Å². The molecule has 1 aromatic rings. The molecule has 3 N–H and O–H groups in total. The highest BCUT2D eigenvalue weighted by Gasteiger charge is 2.27. The lowest BCUT2D eigenvalue weighted by molar-refractivity contribution is -0.128. The van der Waals surface area contributed by atoms with E-state index in [1.165, 1.54) is 0 Å². The van der Waals surface area contributed by atoms with E-state index in [1.807, 2.05) is 46.8 Å². The maximum atomic E-state index is 12.1. The summed E-state index contributed by atoms with van der Waals surface area (Å²) in [5.41, 5.74) is 0.425. The van der Waals surface area contributed by atoms with E-state index < -0.39 is 5.41 Å². The van der Waals surface area contributed by atoms with Crippen molar-refractivity contribution in [3.63, 3.8) is 0 Å². The molecule has 140 valence electrons. The lowest BCUT2D eigenvalue weighted by Gasteiger charge is -2.23. The van der Waals surface area contributed by atoms with Crippen molar-refractivity contribution in [1.29, 1.82) is 0 Å². The first-order chi connectivity index (χ1) is 11.7. The summed E-state index contributed by atoms with van der Waals surface area (Å²) >= 11 is 12.1. The van der Waals surface area contributed by atoms with Crippen LogP contribution in [0.4, 0.5) is 0 Å². The first-order valence-corrected chi connectivity index (χ1v) is 9.25. The van der Waals surface area contributed by atoms with E-state index in [0.29, 0.717) is 29.1 Å². The highest BCUT2D eigenvalue weighted by molar-refractivity contribution is 6.42. The summed E-state index contributed by atoms with van der Waals surface area (Å²) in [6.07, 6.45) is 0. The highest BCUT2D eigenvalue weighted by atomic mass is 35.5. The van der Waals surface area contributed by atoms with E-state index in [9.17, 15) is 4.79 Å². The van der Waals surface area contributed by atoms with Gasteiger partial charge in [-0.15, -0.1) is 0 Å². The van der Waals surface area contributed by atoms with E-state index in [-0.39, 0.29) is 11.9 Å². The van der Waals surface area contributed by atoms with Crippen molar-refractivity contribution < 1.29 is 4.79 Å². The number of benzene rings is 1. The van der Waals surface area contributed by atoms with Crippen LogP contribution in [-0.4, -0.2) is 31.5 Å². The van der Waals surface area contributed by atoms with Crippen LogP contribution in [0.5, 0.6) is 0 Å². The van der Waals surface area contributed by atoms with Gasteiger partial charge in [0, 0.05) is 13.1 Å². The molecule has 0 aliphatic carbocycles. The largest absolute Gasteiger partial charge is 0.357 e. The molecule has 0 aliphatic heterocycles. The summed E-state index contributed by atoms with van der Waals surface area (Å²) in [5.74, 6) is 0.644. The van der Waals surface area contributed by atoms with Crippen molar-refractivity contribution >= 4 is 35.1 Å². The number of halogens is 2. The van der Waals surface area contributed by atoms with Crippen LogP contribution in [0, 0.1) is 5.41 Å². The molecular weight excluding hydrogens is 359 g/mol. The summed E-state index contributed by atoms with van der Waals surface area (Å²) < 4.78 is 0. The Hall–Kier alpha value is -1.46. The van der Waals surface area contributed by atoms with Gasteiger partial charge >= 0.3 is 0 Å². The molecule has 0 spiro atoms. The fourth-order valence-electron chi connectivity index (χ4n) is 2.14. The number of nitrogens with zero attached hydrogens (tertiary/aromatic N) is 1. The fraction of sp³-hybridized carbons (Fsp3) is 0.556. The SMILES string of the molecule is CCNC(=O)C(C)(C)CN=C(NCC)NC(C)c1ccc(Cl)c(Cl)c1. The van der Waals surface area contributed by atoms with E-state index >= 15 is 0 Å². The predicted molar refractivity (Wildman–Crippen MR) is 106 cm³/mol. The molecule has 1 rings (SSSR count). The molecule has 25 heavy (non-hydrogen) atoms. The number of nitrogens with one attached hydrogen (secondary N) is 3. The van der Waals surface area contributed by atoms with Crippen molar-refractivity contribution in [2.24, 2.45) is 10.4 Å². The monoisotopic (exact) mass is 386 g/mol. The second kappa shape index (κ2) is 9.88. The second-order valence-corrected chi connectivity index (χ2v) is 7.29. The number of hydrogen-bond donors (Lipinski definition) is 3. The Morgan fingerprint density at radius 3 is 2.36 bits per heavy atom. The molecule has 1 aromatic carbocycles. The number of guanidine groups is 1. The van der Waals surface area contributed by atoms with Crippen molar-refractivity contribution in [1.82, 2.24) is 16.0 Å². The normalized spacial score (nSPS) is 13.3. The Morgan fingerprint density at radius 2 is 1.80 bits per heavy atom. The molecule has 0 aromatic heterocycles. The maximum Gasteiger partial charge on any atom is 0.227 e. The van der Waals surface area contributed by atoms with Crippen LogP contribution < -0.4 is 16.0 Å². The van der Waals surface area contributed by atoms with Crippen LogP contribution in [-0.2, 0) is 4.79 Å². The van der Waals surface area contributed by atoms with Gasteiger partial charge in [-0.05, 0) is 52.3 Å². The Kier molecular flexibility index (Phi) is 8.53. The third-order valence-corrected chi connectivity index (χ3v) is 4.46. The molecule has 0 fully saturated rings. The van der Waals surface area contributed by atoms with Gasteiger partial charge in [-0.25, -0.2) is 0 Å². The van der Waals surface area contributed by atoms with Crippen molar-refractivity contribution in [2.45, 2.75) is 40.7 Å². The van der Waals surface area contributed by atoms with Crippen molar-refractivity contribution in [3.05, 3.63) is 33.8 Å². The van der Waals surface area contributed by atoms with Crippen molar-refractivity contribution in [3.8, 4) is 0 Å². The molecule has 1 atom stereocenters. The highest BCUT2D eigenvalue weighted by Crippen LogP contribution is 2.25. The van der Waals surface area contributed by atoms with Gasteiger partial charge in [-0.2, -0.15) is 0 Å². The van der Waals surface area contributed by atoms with Gasteiger partial charge in [-0.1, -0.05) is 29.3 Å². The van der Waals surface area contributed by atoms with Gasteiger partial charge in [0.05, 0.1) is 28.0 Å². The average Bonchev–Trinajstić information content (AvgIpc) is 2.55. The minimum Gasteiger partial charge on any atom is -0.357 e. The predicted octanol–water partition coefficient (Wildman–Crippen LogP) is 3.77. The molecular formula is C18H28Cl2N4O. The van der Waals surface area contributed by atoms with Gasteiger partial charge in [0.2, 0.25) is 5.91 Å². The first kappa shape index (κ1) is 21.6. The minimum absolute atomic E-state index is 0.00729. The van der Waals surface area contributed by atoms with Crippen LogP contribution in [0.1, 0.15) is 46.2 Å². The van der Waals surface area contributed by atoms with E-state index in [1.54, 1.807) is 6.07 Å². The molecule has 0 heterocycles. The van der Waals surface area contributed by atoms with Gasteiger partial charge < -0.3 is 16.0 Å². The number of amides is 1. The van der Waals surface area contributed by atoms with Gasteiger partial charge in [-0.3, -0.25) is 9.79 Å². The van der Waals surface area contributed by atoms with E-state index in [4.69, 9.17) is 23.2 Å². The zero-order valence-corrected chi connectivity index (χ0v) is 17.1. The molecule has 0 aliphatic rings. The van der Waals surface area contributed by atoms with Crippen LogP contribution in [0.2, 0.25) is 10.0 Å². The number of carbonyl (C=O) groups excluding carboxylic acids is 1. The molecule has 0 radical (unpaired) electrons. The lowest BCUT2D eigenvalue weighted by Crippen LogP contribution is -2.42. The molecule has 0 saturated heterocycles. The minimum atomic E-state index is -0.578. The van der Waals surface area contributed by atoms with E-state index in [0.717, 1.165) is 12.1 Å². The molecule has 1 amide bonds. The number of hydrogen-bond acceptors (Lipinski definition) is 2. The van der Waals surface area contributed by atoms with Crippen molar-refractivity contribution in [2.75, 3.05) is 19.6 Å². The molecule has 5 nitrogen and oxygen atoms in total. The van der Waals surface area contributed by atoms with Crippen LogP contribution in [0.3, 0.4) is 0 Å². The van der Waals surface area contributed by atoms with Gasteiger partial charge in [0.1, 0.15) is 0 Å². The molecule has 0 bridgehead atoms. The number of rotatable bonds is 7. The summed E-state index contributed by atoms with van der Waals surface area (Å²) in [6, 6.07) is 5.53. The zero-order chi connectivity index (χ0) is 19.0. The van der Waals surface area contributed by atoms with Crippen LogP contribution >= 0.6 is 23.2 Å². The van der Waals surface area contributed by atoms with Gasteiger partial charge in [0.25, 0.3) is 0 Å². The van der Waals surface area contributed by atoms with E-state index in [2.05, 4.69) is 20.9 Å². The summed E-state index contributed by atoms with van der Waals surface area (Å²) in [6.45, 7) is 11.4. The third-order valence-electron chi connectivity index (χ3n) is 3.73. The Labute approximate surface area is 160 Å². The van der Waals surface area contributed by atoms with Crippen LogP contribution in [0.25, 0.3) is 0 Å². The Balaban J connectivity index is 2.84. The fourth-order valence-corrected chi connectivity index (χ4v) is 2.45. The molecule has 7 heteroatoms.